The Balaban J connectivity index is 1.62. The molecule has 0 spiro atoms. The molecule has 2 atom stereocenters. The van der Waals surface area contributed by atoms with Crippen LogP contribution in [0.5, 0.6) is 0 Å². The van der Waals surface area contributed by atoms with Crippen LogP contribution < -0.4 is 16.0 Å². The highest BCUT2D eigenvalue weighted by atomic mass is 35.5. The number of anilines is 1. The molecule has 250 valence electrons. The van der Waals surface area contributed by atoms with Crippen LogP contribution in [0, 0.1) is 0 Å². The van der Waals surface area contributed by atoms with Gasteiger partial charge in [0.25, 0.3) is 0 Å². The minimum Gasteiger partial charge on any atom is -0.355 e. The molecule has 1 saturated heterocycles. The zero-order valence-electron chi connectivity index (χ0n) is 26.5. The summed E-state index contributed by atoms with van der Waals surface area (Å²) >= 11 is 12.8. The van der Waals surface area contributed by atoms with Crippen molar-refractivity contribution in [2.75, 3.05) is 18.0 Å². The van der Waals surface area contributed by atoms with E-state index in [1.165, 1.54) is 0 Å². The van der Waals surface area contributed by atoms with Crippen LogP contribution in [0.1, 0.15) is 77.6 Å². The Kier molecular flexibility index (Phi) is 9.88. The number of carbonyl (C=O) groups excluding carboxylic acids is 2. The molecule has 0 aromatic heterocycles. The summed E-state index contributed by atoms with van der Waals surface area (Å²) in [5.74, 6) is -1.95. The highest BCUT2D eigenvalue weighted by Crippen LogP contribution is 2.51. The van der Waals surface area contributed by atoms with Gasteiger partial charge >= 0.3 is 6.18 Å². The lowest BCUT2D eigenvalue weighted by atomic mass is 9.83. The van der Waals surface area contributed by atoms with E-state index in [1.807, 2.05) is 30.3 Å². The van der Waals surface area contributed by atoms with Crippen molar-refractivity contribution in [1.82, 2.24) is 5.32 Å². The topological polar surface area (TPSA) is 75.4 Å². The van der Waals surface area contributed by atoms with Gasteiger partial charge in [0.05, 0.1) is 17.8 Å². The number of fused-ring (bicyclic) bond motifs is 3. The quantitative estimate of drug-likeness (QED) is 0.171. The number of piperidine rings is 1. The number of nitrogens with one attached hydrogen (secondary N) is 1. The van der Waals surface area contributed by atoms with Gasteiger partial charge in [-0.05, 0) is 83.7 Å². The Hall–Kier alpha value is -3.85. The number of carbonyl (C=O) groups is 2. The fourth-order valence-electron chi connectivity index (χ4n) is 7.12. The number of halogens is 5. The first-order valence-electron chi connectivity index (χ1n) is 16.2. The predicted octanol–water partition coefficient (Wildman–Crippen LogP) is 9.30. The van der Waals surface area contributed by atoms with Gasteiger partial charge in [-0.25, -0.2) is 0 Å². The molecule has 1 amide bonds. The van der Waals surface area contributed by atoms with Crippen molar-refractivity contribution in [2.24, 2.45) is 5.73 Å². The number of amides is 1. The molecule has 1 aliphatic carbocycles. The van der Waals surface area contributed by atoms with Crippen molar-refractivity contribution in [3.63, 3.8) is 0 Å². The van der Waals surface area contributed by atoms with Crippen LogP contribution in [-0.2, 0) is 11.2 Å². The van der Waals surface area contributed by atoms with Gasteiger partial charge < -0.3 is 16.0 Å². The van der Waals surface area contributed by atoms with Gasteiger partial charge in [0.2, 0.25) is 5.91 Å². The molecule has 4 aromatic rings. The fraction of sp³-hybridized carbons (Fsp3) is 0.316. The maximum Gasteiger partial charge on any atom is 0.405 e. The Morgan fingerprint density at radius 3 is 2.35 bits per heavy atom. The third-order valence-electron chi connectivity index (χ3n) is 9.28. The standard InChI is InChI=1S/C38H36Cl2F3N3O2/c1-2-3-10-28-33-29(24-12-4-6-13-26(24)34(33)37(48)45-21-38(41,42)43)20-30(35(28)46-18-9-8-15-32(46)44)36(47)27-14-7-5-11-23(27)25-17-16-22(39)19-31(25)40/h4-7,11-14,16-17,19-20,32,34H,2-3,8-10,15,18,21,44H2,1H3,(H,45,48). The van der Waals surface area contributed by atoms with E-state index in [9.17, 15) is 18.0 Å². The van der Waals surface area contributed by atoms with Crippen molar-refractivity contribution in [1.29, 1.82) is 0 Å². The van der Waals surface area contributed by atoms with Crippen LogP contribution in [0.4, 0.5) is 18.9 Å². The van der Waals surface area contributed by atoms with Gasteiger partial charge in [-0.2, -0.15) is 13.2 Å². The number of alkyl halides is 3. The number of hydrogen-bond donors (Lipinski definition) is 2. The number of nitrogens with zero attached hydrogens (tertiary/aromatic N) is 1. The monoisotopic (exact) mass is 693 g/mol. The molecule has 1 aliphatic heterocycles. The van der Waals surface area contributed by atoms with Crippen molar-refractivity contribution in [3.05, 3.63) is 111 Å². The highest BCUT2D eigenvalue weighted by molar-refractivity contribution is 6.36. The van der Waals surface area contributed by atoms with Gasteiger partial charge in [-0.3, -0.25) is 9.59 Å². The van der Waals surface area contributed by atoms with Crippen molar-refractivity contribution < 1.29 is 22.8 Å². The van der Waals surface area contributed by atoms with E-state index in [-0.39, 0.29) is 11.9 Å². The fourth-order valence-corrected chi connectivity index (χ4v) is 7.63. The van der Waals surface area contributed by atoms with Crippen LogP contribution >= 0.6 is 23.2 Å². The van der Waals surface area contributed by atoms with Crippen LogP contribution in [0.3, 0.4) is 0 Å². The molecule has 2 aliphatic rings. The highest BCUT2D eigenvalue weighted by Gasteiger charge is 2.41. The van der Waals surface area contributed by atoms with Gasteiger partial charge in [0.15, 0.2) is 5.78 Å². The minimum absolute atomic E-state index is 0.243. The summed E-state index contributed by atoms with van der Waals surface area (Å²) in [7, 11) is 0. The van der Waals surface area contributed by atoms with Crippen LogP contribution in [0.15, 0.2) is 72.8 Å². The number of nitrogens with two attached hydrogens (primary N) is 1. The van der Waals surface area contributed by atoms with Gasteiger partial charge in [0, 0.05) is 33.3 Å². The molecular formula is C38H36Cl2F3N3O2. The van der Waals surface area contributed by atoms with Crippen LogP contribution in [0.2, 0.25) is 10.0 Å². The maximum absolute atomic E-state index is 15.0. The lowest BCUT2D eigenvalue weighted by molar-refractivity contribution is -0.138. The molecular weight excluding hydrogens is 658 g/mol. The molecule has 5 nitrogen and oxygen atoms in total. The summed E-state index contributed by atoms with van der Waals surface area (Å²) < 4.78 is 39.9. The first-order valence-corrected chi connectivity index (χ1v) is 17.0. The molecule has 6 rings (SSSR count). The first kappa shape index (κ1) is 34.0. The second-order valence-electron chi connectivity index (χ2n) is 12.4. The molecule has 3 N–H and O–H groups in total. The van der Waals surface area contributed by atoms with E-state index in [2.05, 4.69) is 17.1 Å². The average molecular weight is 695 g/mol. The molecule has 2 unspecified atom stereocenters. The van der Waals surface area contributed by atoms with E-state index in [0.717, 1.165) is 36.8 Å². The number of ketones is 1. The van der Waals surface area contributed by atoms with Crippen molar-refractivity contribution in [2.45, 2.75) is 63.7 Å². The van der Waals surface area contributed by atoms with E-state index in [1.54, 1.807) is 42.5 Å². The molecule has 0 radical (unpaired) electrons. The molecule has 1 fully saturated rings. The zero-order valence-corrected chi connectivity index (χ0v) is 28.0. The summed E-state index contributed by atoms with van der Waals surface area (Å²) in [6, 6.07) is 21.5. The number of rotatable bonds is 9. The third kappa shape index (κ3) is 6.58. The molecule has 48 heavy (non-hydrogen) atoms. The van der Waals surface area contributed by atoms with Crippen molar-refractivity contribution >= 4 is 40.6 Å². The minimum atomic E-state index is -4.57. The lowest BCUT2D eigenvalue weighted by Gasteiger charge is -2.38. The summed E-state index contributed by atoms with van der Waals surface area (Å²) in [6.07, 6.45) is -0.362. The molecule has 10 heteroatoms. The maximum atomic E-state index is 15.0. The Labute approximate surface area is 288 Å². The summed E-state index contributed by atoms with van der Waals surface area (Å²) in [6.45, 7) is 1.21. The van der Waals surface area contributed by atoms with Gasteiger partial charge in [0.1, 0.15) is 6.54 Å². The summed E-state index contributed by atoms with van der Waals surface area (Å²) in [5.41, 5.74) is 13.0. The number of unbranched alkanes of at least 4 members (excludes halogenated alkanes) is 1. The zero-order chi connectivity index (χ0) is 34.2. The van der Waals surface area contributed by atoms with E-state index >= 15 is 4.79 Å². The van der Waals surface area contributed by atoms with Crippen LogP contribution in [-0.4, -0.2) is 37.1 Å². The summed E-state index contributed by atoms with van der Waals surface area (Å²) in [4.78, 5) is 30.8. The molecule has 4 aromatic carbocycles. The predicted molar refractivity (Wildman–Crippen MR) is 186 cm³/mol. The Morgan fingerprint density at radius 2 is 1.65 bits per heavy atom. The number of hydrogen-bond acceptors (Lipinski definition) is 4. The lowest BCUT2D eigenvalue weighted by Crippen LogP contribution is -2.47. The van der Waals surface area contributed by atoms with E-state index < -0.39 is 24.5 Å². The molecule has 0 bridgehead atoms. The van der Waals surface area contributed by atoms with Gasteiger partial charge in [-0.15, -0.1) is 0 Å². The third-order valence-corrected chi connectivity index (χ3v) is 9.82. The second kappa shape index (κ2) is 13.9. The Morgan fingerprint density at radius 1 is 0.917 bits per heavy atom. The molecule has 1 heterocycles. The van der Waals surface area contributed by atoms with Crippen molar-refractivity contribution in [3.8, 4) is 22.3 Å². The second-order valence-corrected chi connectivity index (χ2v) is 13.3. The first-order chi connectivity index (χ1) is 23.0. The summed E-state index contributed by atoms with van der Waals surface area (Å²) in [5, 5.41) is 3.02. The van der Waals surface area contributed by atoms with E-state index in [4.69, 9.17) is 28.9 Å². The Bertz CT molecular complexity index is 1880. The van der Waals surface area contributed by atoms with E-state index in [0.29, 0.717) is 74.1 Å². The normalized spacial score (nSPS) is 17.2. The number of benzene rings is 4. The average Bonchev–Trinajstić information content (AvgIpc) is 3.40. The smallest absolute Gasteiger partial charge is 0.355 e. The van der Waals surface area contributed by atoms with Crippen LogP contribution in [0.25, 0.3) is 22.3 Å². The largest absolute Gasteiger partial charge is 0.405 e. The molecule has 0 saturated carbocycles. The SMILES string of the molecule is CCCCc1c2c(cc(C(=O)c3ccccc3-c3ccc(Cl)cc3Cl)c1N1CCCCC1N)-c1ccccc1C2C(=O)NCC(F)(F)F. The van der Waals surface area contributed by atoms with Gasteiger partial charge in [-0.1, -0.05) is 91.1 Å².